The Morgan fingerprint density at radius 1 is 1.22 bits per heavy atom. The molecular weight excluding hydrogens is 396 g/mol. The zero-order valence-corrected chi connectivity index (χ0v) is 16.8. The van der Waals surface area contributed by atoms with Gasteiger partial charge >= 0.3 is 0 Å². The minimum atomic E-state index is -4.03. The van der Waals surface area contributed by atoms with E-state index >= 15 is 0 Å². The number of hydrogen-bond acceptors (Lipinski definition) is 6. The summed E-state index contributed by atoms with van der Waals surface area (Å²) in [6.07, 6.45) is 0. The van der Waals surface area contributed by atoms with Crippen LogP contribution in [-0.2, 0) is 16.6 Å². The molecule has 0 aliphatic carbocycles. The maximum absolute atomic E-state index is 12.9. The number of methoxy groups -OCH3 is 2. The number of ether oxygens (including phenoxy) is 2. The fourth-order valence-corrected chi connectivity index (χ4v) is 4.04. The van der Waals surface area contributed by atoms with Crippen LogP contribution in [0, 0.1) is 17.0 Å². The normalized spacial score (nSPS) is 11.5. The van der Waals surface area contributed by atoms with Crippen LogP contribution in [0.2, 0.25) is 5.02 Å². The van der Waals surface area contributed by atoms with Crippen molar-refractivity contribution in [3.63, 3.8) is 0 Å². The number of nitro groups is 1. The third-order valence-electron chi connectivity index (χ3n) is 4.07. The van der Waals surface area contributed by atoms with Gasteiger partial charge in [-0.25, -0.2) is 8.42 Å². The SMILES string of the molecule is COc1cccc(CN(C)S(=O)(=O)c2cc(Cl)c(C)c([N+](=O)[O-])c2)c1OC. The summed E-state index contributed by atoms with van der Waals surface area (Å²) in [6, 6.07) is 7.33. The Morgan fingerprint density at radius 2 is 1.89 bits per heavy atom. The first kappa shape index (κ1) is 20.9. The molecule has 0 N–H and O–H groups in total. The number of nitrogens with zero attached hydrogens (tertiary/aromatic N) is 2. The second-order valence-electron chi connectivity index (χ2n) is 5.72. The fraction of sp³-hybridized carbons (Fsp3) is 0.294. The summed E-state index contributed by atoms with van der Waals surface area (Å²) in [6.45, 7) is 1.43. The summed E-state index contributed by atoms with van der Waals surface area (Å²) in [7, 11) is 0.279. The Labute approximate surface area is 162 Å². The molecule has 0 saturated carbocycles. The minimum Gasteiger partial charge on any atom is -0.493 e. The van der Waals surface area contributed by atoms with Crippen LogP contribution in [-0.4, -0.2) is 38.9 Å². The maximum atomic E-state index is 12.9. The lowest BCUT2D eigenvalue weighted by Crippen LogP contribution is -2.27. The van der Waals surface area contributed by atoms with Gasteiger partial charge in [0.2, 0.25) is 10.0 Å². The molecule has 0 spiro atoms. The number of rotatable bonds is 7. The van der Waals surface area contributed by atoms with E-state index in [1.807, 2.05) is 0 Å². The summed E-state index contributed by atoms with van der Waals surface area (Å²) in [5.41, 5.74) is 0.432. The van der Waals surface area contributed by atoms with Crippen molar-refractivity contribution >= 4 is 27.3 Å². The minimum absolute atomic E-state index is 0.00939. The third-order valence-corrected chi connectivity index (χ3v) is 6.25. The molecule has 0 radical (unpaired) electrons. The fourth-order valence-electron chi connectivity index (χ4n) is 2.56. The lowest BCUT2D eigenvalue weighted by atomic mass is 10.2. The third kappa shape index (κ3) is 4.15. The van der Waals surface area contributed by atoms with Gasteiger partial charge in [0.05, 0.1) is 29.1 Å². The molecule has 8 nitrogen and oxygen atoms in total. The number of sulfonamides is 1. The average molecular weight is 415 g/mol. The molecule has 0 aliphatic rings. The molecule has 0 heterocycles. The molecule has 0 atom stereocenters. The smallest absolute Gasteiger partial charge is 0.275 e. The first-order chi connectivity index (χ1) is 12.6. The number of para-hydroxylation sites is 1. The molecule has 0 aliphatic heterocycles. The van der Waals surface area contributed by atoms with Gasteiger partial charge in [-0.15, -0.1) is 0 Å². The van der Waals surface area contributed by atoms with Crippen LogP contribution in [0.25, 0.3) is 0 Å². The molecule has 10 heteroatoms. The number of halogens is 1. The van der Waals surface area contributed by atoms with Crippen molar-refractivity contribution in [2.24, 2.45) is 0 Å². The standard InChI is InChI=1S/C17H19ClN2O6S/c1-11-14(18)8-13(9-15(11)20(21)22)27(23,24)19(2)10-12-6-5-7-16(25-3)17(12)26-4/h5-9H,10H2,1-4H3. The molecule has 2 aromatic carbocycles. The number of benzene rings is 2. The van der Waals surface area contributed by atoms with Crippen LogP contribution in [0.5, 0.6) is 11.5 Å². The van der Waals surface area contributed by atoms with E-state index in [0.717, 1.165) is 10.4 Å². The average Bonchev–Trinajstić information content (AvgIpc) is 2.62. The summed E-state index contributed by atoms with van der Waals surface area (Å²) in [4.78, 5) is 10.3. The van der Waals surface area contributed by atoms with E-state index in [2.05, 4.69) is 0 Å². The van der Waals surface area contributed by atoms with Crippen LogP contribution in [0.1, 0.15) is 11.1 Å². The van der Waals surface area contributed by atoms with Crippen molar-refractivity contribution < 1.29 is 22.8 Å². The van der Waals surface area contributed by atoms with E-state index in [1.54, 1.807) is 18.2 Å². The van der Waals surface area contributed by atoms with E-state index in [4.69, 9.17) is 21.1 Å². The molecule has 27 heavy (non-hydrogen) atoms. The Hall–Kier alpha value is -2.36. The van der Waals surface area contributed by atoms with Gasteiger partial charge in [0.25, 0.3) is 5.69 Å². The highest BCUT2D eigenvalue weighted by atomic mass is 35.5. The first-order valence-electron chi connectivity index (χ1n) is 7.74. The van der Waals surface area contributed by atoms with Gasteiger partial charge in [-0.2, -0.15) is 4.31 Å². The molecule has 0 bridgehead atoms. The highest BCUT2D eigenvalue weighted by Crippen LogP contribution is 2.34. The first-order valence-corrected chi connectivity index (χ1v) is 9.56. The van der Waals surface area contributed by atoms with Crippen molar-refractivity contribution in [2.75, 3.05) is 21.3 Å². The van der Waals surface area contributed by atoms with Crippen molar-refractivity contribution in [1.29, 1.82) is 0 Å². The van der Waals surface area contributed by atoms with Crippen LogP contribution in [0.4, 0.5) is 5.69 Å². The molecule has 0 unspecified atom stereocenters. The largest absolute Gasteiger partial charge is 0.493 e. The van der Waals surface area contributed by atoms with Gasteiger partial charge in [0, 0.05) is 30.8 Å². The summed E-state index contributed by atoms with van der Waals surface area (Å²) < 4.78 is 37.4. The lowest BCUT2D eigenvalue weighted by molar-refractivity contribution is -0.385. The summed E-state index contributed by atoms with van der Waals surface area (Å²) in [5, 5.41) is 11.2. The summed E-state index contributed by atoms with van der Waals surface area (Å²) >= 11 is 6.00. The van der Waals surface area contributed by atoms with E-state index in [0.29, 0.717) is 17.1 Å². The molecule has 0 fully saturated rings. The highest BCUT2D eigenvalue weighted by Gasteiger charge is 2.27. The second kappa shape index (κ2) is 8.12. The van der Waals surface area contributed by atoms with Crippen molar-refractivity contribution in [2.45, 2.75) is 18.4 Å². The van der Waals surface area contributed by atoms with Crippen LogP contribution >= 0.6 is 11.6 Å². The topological polar surface area (TPSA) is 99.0 Å². The van der Waals surface area contributed by atoms with Gasteiger partial charge in [-0.05, 0) is 19.1 Å². The Morgan fingerprint density at radius 3 is 2.44 bits per heavy atom. The van der Waals surface area contributed by atoms with Gasteiger partial charge in [0.1, 0.15) is 0 Å². The quantitative estimate of drug-likeness (QED) is 0.508. The van der Waals surface area contributed by atoms with Crippen molar-refractivity contribution in [1.82, 2.24) is 4.31 Å². The summed E-state index contributed by atoms with van der Waals surface area (Å²) in [5.74, 6) is 0.879. The molecule has 146 valence electrons. The van der Waals surface area contributed by atoms with E-state index in [1.165, 1.54) is 34.3 Å². The van der Waals surface area contributed by atoms with Gasteiger partial charge in [-0.1, -0.05) is 23.7 Å². The van der Waals surface area contributed by atoms with Gasteiger partial charge in [-0.3, -0.25) is 10.1 Å². The van der Waals surface area contributed by atoms with E-state index in [9.17, 15) is 18.5 Å². The van der Waals surface area contributed by atoms with Crippen LogP contribution < -0.4 is 9.47 Å². The molecule has 2 rings (SSSR count). The molecule has 0 saturated heterocycles. The Balaban J connectivity index is 2.45. The van der Waals surface area contributed by atoms with Crippen LogP contribution in [0.3, 0.4) is 0 Å². The Bertz CT molecular complexity index is 978. The van der Waals surface area contributed by atoms with Crippen LogP contribution in [0.15, 0.2) is 35.2 Å². The molecule has 2 aromatic rings. The van der Waals surface area contributed by atoms with Gasteiger partial charge in [0.15, 0.2) is 11.5 Å². The predicted molar refractivity (Wildman–Crippen MR) is 101 cm³/mol. The zero-order chi connectivity index (χ0) is 20.4. The predicted octanol–water partition coefficient (Wildman–Crippen LogP) is 3.39. The van der Waals surface area contributed by atoms with E-state index in [-0.39, 0.29) is 27.7 Å². The van der Waals surface area contributed by atoms with Gasteiger partial charge < -0.3 is 9.47 Å². The van der Waals surface area contributed by atoms with Crippen molar-refractivity contribution in [3.8, 4) is 11.5 Å². The molecule has 0 amide bonds. The van der Waals surface area contributed by atoms with E-state index < -0.39 is 14.9 Å². The monoisotopic (exact) mass is 414 g/mol. The molecule has 0 aromatic heterocycles. The maximum Gasteiger partial charge on any atom is 0.275 e. The number of nitro benzene ring substituents is 1. The zero-order valence-electron chi connectivity index (χ0n) is 15.2. The van der Waals surface area contributed by atoms with Crippen molar-refractivity contribution in [3.05, 3.63) is 56.6 Å². The second-order valence-corrected chi connectivity index (χ2v) is 8.17. The highest BCUT2D eigenvalue weighted by molar-refractivity contribution is 7.89. The number of hydrogen-bond donors (Lipinski definition) is 0. The lowest BCUT2D eigenvalue weighted by Gasteiger charge is -2.20. The molecular formula is C17H19ClN2O6S. The Kier molecular flexibility index (Phi) is 6.30.